The third-order valence-corrected chi connectivity index (χ3v) is 6.12. The summed E-state index contributed by atoms with van der Waals surface area (Å²) in [6, 6.07) is 3.52. The van der Waals surface area contributed by atoms with Crippen LogP contribution in [0.1, 0.15) is 17.5 Å². The molecule has 0 bridgehead atoms. The number of hydrogen-bond donors (Lipinski definition) is 1. The normalized spacial score (nSPS) is 20.3. The van der Waals surface area contributed by atoms with Gasteiger partial charge in [0.2, 0.25) is 10.0 Å². The molecule has 1 heterocycles. The average molecular weight is 370 g/mol. The Hall–Kier alpha value is -0.140. The van der Waals surface area contributed by atoms with E-state index in [0.29, 0.717) is 18.0 Å². The predicted molar refractivity (Wildman–Crippen MR) is 82.2 cm³/mol. The number of sulfonamides is 1. The number of halogens is 2. The van der Waals surface area contributed by atoms with Crippen LogP contribution in [0.2, 0.25) is 0 Å². The molecule has 1 aromatic carbocycles. The first-order valence-corrected chi connectivity index (χ1v) is 8.08. The number of rotatable bonds is 2. The van der Waals surface area contributed by atoms with Crippen molar-refractivity contribution >= 4 is 38.4 Å². The fraction of sp³-hybridized carbons (Fsp3) is 0.500. The monoisotopic (exact) mass is 368 g/mol. The van der Waals surface area contributed by atoms with Crippen molar-refractivity contribution in [3.05, 3.63) is 27.7 Å². The maximum absolute atomic E-state index is 12.5. The molecule has 1 aliphatic heterocycles. The summed E-state index contributed by atoms with van der Waals surface area (Å²) in [7, 11) is -3.41. The summed E-state index contributed by atoms with van der Waals surface area (Å²) in [5.41, 5.74) is 7.45. The summed E-state index contributed by atoms with van der Waals surface area (Å²) in [5, 5.41) is 0. The molecule has 2 N–H and O–H groups in total. The summed E-state index contributed by atoms with van der Waals surface area (Å²) in [6.07, 6.45) is 0.730. The smallest absolute Gasteiger partial charge is 0.243 e. The van der Waals surface area contributed by atoms with E-state index in [1.165, 1.54) is 4.31 Å². The van der Waals surface area contributed by atoms with E-state index in [9.17, 15) is 8.42 Å². The molecule has 0 unspecified atom stereocenters. The minimum atomic E-state index is -3.41. The van der Waals surface area contributed by atoms with Gasteiger partial charge in [0.1, 0.15) is 0 Å². The van der Waals surface area contributed by atoms with Gasteiger partial charge in [-0.2, -0.15) is 4.31 Å². The van der Waals surface area contributed by atoms with Crippen LogP contribution in [0, 0.1) is 13.8 Å². The van der Waals surface area contributed by atoms with E-state index in [1.54, 1.807) is 6.07 Å². The minimum absolute atomic E-state index is 0. The molecule has 108 valence electrons. The maximum atomic E-state index is 12.5. The number of aryl methyl sites for hydroxylation is 2. The predicted octanol–water partition coefficient (Wildman–Crippen LogP) is 2.21. The van der Waals surface area contributed by atoms with Gasteiger partial charge < -0.3 is 5.73 Å². The van der Waals surface area contributed by atoms with E-state index in [1.807, 2.05) is 19.9 Å². The van der Waals surface area contributed by atoms with Crippen LogP contribution >= 0.6 is 28.3 Å². The van der Waals surface area contributed by atoms with Crippen LogP contribution in [-0.4, -0.2) is 31.9 Å². The first-order chi connectivity index (χ1) is 8.32. The lowest BCUT2D eigenvalue weighted by Crippen LogP contribution is -2.32. The fourth-order valence-electron chi connectivity index (χ4n) is 2.14. The maximum Gasteiger partial charge on any atom is 0.243 e. The van der Waals surface area contributed by atoms with Gasteiger partial charge in [-0.15, -0.1) is 12.4 Å². The second-order valence-corrected chi connectivity index (χ2v) is 7.54. The average Bonchev–Trinajstić information content (AvgIpc) is 2.70. The van der Waals surface area contributed by atoms with Gasteiger partial charge in [0.05, 0.1) is 4.90 Å². The second-order valence-electron chi connectivity index (χ2n) is 4.78. The van der Waals surface area contributed by atoms with Gasteiger partial charge in [0.25, 0.3) is 0 Å². The number of nitrogens with two attached hydrogens (primary N) is 1. The first-order valence-electron chi connectivity index (χ1n) is 5.85. The Morgan fingerprint density at radius 3 is 2.47 bits per heavy atom. The van der Waals surface area contributed by atoms with Crippen LogP contribution in [0.4, 0.5) is 0 Å². The van der Waals surface area contributed by atoms with Gasteiger partial charge in [-0.05, 0) is 43.5 Å². The second kappa shape index (κ2) is 6.10. The van der Waals surface area contributed by atoms with Gasteiger partial charge in [-0.3, -0.25) is 0 Å². The Kier molecular flexibility index (Phi) is 5.43. The molecule has 0 radical (unpaired) electrons. The van der Waals surface area contributed by atoms with Crippen LogP contribution < -0.4 is 5.73 Å². The molecule has 1 atom stereocenters. The van der Waals surface area contributed by atoms with Crippen LogP contribution in [0.3, 0.4) is 0 Å². The molecule has 0 saturated carbocycles. The van der Waals surface area contributed by atoms with Gasteiger partial charge in [-0.25, -0.2) is 8.42 Å². The Morgan fingerprint density at radius 2 is 1.95 bits per heavy atom. The van der Waals surface area contributed by atoms with E-state index in [-0.39, 0.29) is 18.4 Å². The van der Waals surface area contributed by atoms with E-state index < -0.39 is 10.0 Å². The number of hydrogen-bond acceptors (Lipinski definition) is 3. The molecule has 0 amide bonds. The summed E-state index contributed by atoms with van der Waals surface area (Å²) >= 11 is 3.41. The molecule has 0 aromatic heterocycles. The van der Waals surface area contributed by atoms with Crippen molar-refractivity contribution in [2.24, 2.45) is 5.73 Å². The third kappa shape index (κ3) is 3.31. The molecule has 19 heavy (non-hydrogen) atoms. The van der Waals surface area contributed by atoms with Crippen molar-refractivity contribution in [2.75, 3.05) is 13.1 Å². The topological polar surface area (TPSA) is 63.4 Å². The Bertz CT molecular complexity index is 577. The molecule has 7 heteroatoms. The summed E-state index contributed by atoms with van der Waals surface area (Å²) < 4.78 is 27.4. The summed E-state index contributed by atoms with van der Waals surface area (Å²) in [5.74, 6) is 0. The van der Waals surface area contributed by atoms with E-state index in [4.69, 9.17) is 5.73 Å². The van der Waals surface area contributed by atoms with E-state index in [2.05, 4.69) is 15.9 Å². The quantitative estimate of drug-likeness (QED) is 0.869. The van der Waals surface area contributed by atoms with Crippen molar-refractivity contribution in [1.29, 1.82) is 0 Å². The van der Waals surface area contributed by atoms with Gasteiger partial charge in [0.15, 0.2) is 0 Å². The molecule has 2 rings (SSSR count). The highest BCUT2D eigenvalue weighted by atomic mass is 79.9. The third-order valence-electron chi connectivity index (χ3n) is 3.26. The van der Waals surface area contributed by atoms with Crippen molar-refractivity contribution in [1.82, 2.24) is 4.31 Å². The van der Waals surface area contributed by atoms with Crippen molar-refractivity contribution in [3.63, 3.8) is 0 Å². The first kappa shape index (κ1) is 16.9. The summed E-state index contributed by atoms with van der Waals surface area (Å²) in [6.45, 7) is 4.63. The fourth-order valence-corrected chi connectivity index (χ4v) is 4.40. The van der Waals surface area contributed by atoms with Crippen LogP contribution in [0.5, 0.6) is 0 Å². The van der Waals surface area contributed by atoms with Gasteiger partial charge in [0, 0.05) is 23.6 Å². The zero-order valence-corrected chi connectivity index (χ0v) is 14.1. The van der Waals surface area contributed by atoms with E-state index >= 15 is 0 Å². The molecule has 1 fully saturated rings. The molecule has 1 aliphatic rings. The molecule has 1 aromatic rings. The highest BCUT2D eigenvalue weighted by Crippen LogP contribution is 2.28. The summed E-state index contributed by atoms with van der Waals surface area (Å²) in [4.78, 5) is 0.386. The standard InChI is InChI=1S/C12H17BrN2O2S.ClH/c1-8-6-12(9(2)5-11(8)13)18(16,17)15-4-3-10(14)7-15;/h5-6,10H,3-4,7,14H2,1-2H3;1H/t10-;/m1./s1. The number of benzene rings is 1. The van der Waals surface area contributed by atoms with Crippen LogP contribution in [-0.2, 0) is 10.0 Å². The SMILES string of the molecule is Cc1cc(S(=O)(=O)N2CC[C@@H](N)C2)c(C)cc1Br.Cl. The van der Waals surface area contributed by atoms with Gasteiger partial charge in [-0.1, -0.05) is 15.9 Å². The lowest BCUT2D eigenvalue weighted by molar-refractivity contribution is 0.472. The molecular formula is C12H18BrClN2O2S. The van der Waals surface area contributed by atoms with E-state index in [0.717, 1.165) is 22.0 Å². The highest BCUT2D eigenvalue weighted by Gasteiger charge is 2.32. The van der Waals surface area contributed by atoms with Crippen LogP contribution in [0.25, 0.3) is 0 Å². The lowest BCUT2D eigenvalue weighted by atomic mass is 10.2. The zero-order valence-electron chi connectivity index (χ0n) is 10.9. The van der Waals surface area contributed by atoms with Crippen molar-refractivity contribution < 1.29 is 8.42 Å². The largest absolute Gasteiger partial charge is 0.326 e. The Morgan fingerprint density at radius 1 is 1.32 bits per heavy atom. The van der Waals surface area contributed by atoms with Crippen molar-refractivity contribution in [3.8, 4) is 0 Å². The zero-order chi connectivity index (χ0) is 13.5. The highest BCUT2D eigenvalue weighted by molar-refractivity contribution is 9.10. The minimum Gasteiger partial charge on any atom is -0.326 e. The number of nitrogens with zero attached hydrogens (tertiary/aromatic N) is 1. The molecular weight excluding hydrogens is 352 g/mol. The van der Waals surface area contributed by atoms with Crippen molar-refractivity contribution in [2.45, 2.75) is 31.2 Å². The molecule has 1 saturated heterocycles. The Balaban J connectivity index is 0.00000180. The Labute approximate surface area is 128 Å². The molecule has 0 spiro atoms. The molecule has 4 nitrogen and oxygen atoms in total. The van der Waals surface area contributed by atoms with Crippen LogP contribution in [0.15, 0.2) is 21.5 Å². The molecule has 0 aliphatic carbocycles. The van der Waals surface area contributed by atoms with Gasteiger partial charge >= 0.3 is 0 Å². The lowest BCUT2D eigenvalue weighted by Gasteiger charge is -2.18.